The maximum atomic E-state index is 12.7. The highest BCUT2D eigenvalue weighted by Gasteiger charge is 2.22. The van der Waals surface area contributed by atoms with Crippen LogP contribution in [0, 0.1) is 0 Å². The molecule has 1 aliphatic rings. The van der Waals surface area contributed by atoms with E-state index in [2.05, 4.69) is 10.1 Å². The average molecular weight is 411 g/mol. The molecular weight excluding hydrogens is 386 g/mol. The van der Waals surface area contributed by atoms with Crippen LogP contribution in [-0.2, 0) is 30.6 Å². The lowest BCUT2D eigenvalue weighted by molar-refractivity contribution is -0.137. The molecule has 8 nitrogen and oxygen atoms in total. The zero-order valence-corrected chi connectivity index (χ0v) is 17.4. The number of aromatic nitrogens is 2. The van der Waals surface area contributed by atoms with E-state index in [1.807, 2.05) is 19.1 Å². The summed E-state index contributed by atoms with van der Waals surface area (Å²) in [6.07, 6.45) is 3.65. The number of carbonyl (C=O) groups is 1. The maximum Gasteiger partial charge on any atom is 0.339 e. The summed E-state index contributed by atoms with van der Waals surface area (Å²) < 4.78 is 16.4. The van der Waals surface area contributed by atoms with Crippen molar-refractivity contribution in [2.75, 3.05) is 7.05 Å². The fourth-order valence-electron chi connectivity index (χ4n) is 3.85. The molecule has 8 heteroatoms. The highest BCUT2D eigenvalue weighted by molar-refractivity contribution is 5.83. The first-order valence-electron chi connectivity index (χ1n) is 10.3. The fourth-order valence-corrected chi connectivity index (χ4v) is 3.85. The Bertz CT molecular complexity index is 1130. The predicted molar refractivity (Wildman–Crippen MR) is 109 cm³/mol. The molecule has 1 aliphatic carbocycles. The normalized spacial score (nSPS) is 14.4. The van der Waals surface area contributed by atoms with Crippen LogP contribution in [0.15, 0.2) is 31.9 Å². The smallest absolute Gasteiger partial charge is 0.339 e. The van der Waals surface area contributed by atoms with Crippen molar-refractivity contribution in [3.8, 4) is 5.75 Å². The van der Waals surface area contributed by atoms with E-state index in [0.29, 0.717) is 29.5 Å². The van der Waals surface area contributed by atoms with Crippen LogP contribution < -0.4 is 10.4 Å². The Kier molecular flexibility index (Phi) is 5.57. The Morgan fingerprint density at radius 2 is 2.03 bits per heavy atom. The third kappa shape index (κ3) is 3.94. The highest BCUT2D eigenvalue weighted by Crippen LogP contribution is 2.29. The van der Waals surface area contributed by atoms with Gasteiger partial charge in [-0.1, -0.05) is 12.1 Å². The quantitative estimate of drug-likeness (QED) is 0.575. The van der Waals surface area contributed by atoms with Gasteiger partial charge in [0, 0.05) is 30.5 Å². The Morgan fingerprint density at radius 3 is 2.77 bits per heavy atom. The van der Waals surface area contributed by atoms with E-state index in [9.17, 15) is 9.59 Å². The second-order valence-electron chi connectivity index (χ2n) is 7.62. The number of hydrogen-bond acceptors (Lipinski definition) is 7. The monoisotopic (exact) mass is 411 g/mol. The molecule has 3 aromatic rings. The van der Waals surface area contributed by atoms with Crippen molar-refractivity contribution in [2.24, 2.45) is 0 Å². The molecule has 0 aliphatic heterocycles. The summed E-state index contributed by atoms with van der Waals surface area (Å²) in [5, 5.41) is 4.81. The topological polar surface area (TPSA) is 98.7 Å². The SMILES string of the molecule is CCc1nc(CN(C)C(=O)C(C)Oc2ccc3c4c(c(=O)oc3c2)CCCC4)no1. The van der Waals surface area contributed by atoms with E-state index in [-0.39, 0.29) is 18.1 Å². The molecule has 0 saturated carbocycles. The van der Waals surface area contributed by atoms with Crippen molar-refractivity contribution < 1.29 is 18.5 Å². The van der Waals surface area contributed by atoms with Gasteiger partial charge in [-0.3, -0.25) is 4.79 Å². The van der Waals surface area contributed by atoms with Crippen molar-refractivity contribution in [3.63, 3.8) is 0 Å². The van der Waals surface area contributed by atoms with Gasteiger partial charge in [-0.05, 0) is 50.3 Å². The summed E-state index contributed by atoms with van der Waals surface area (Å²) in [5.41, 5.74) is 2.09. The Labute approximate surface area is 173 Å². The lowest BCUT2D eigenvalue weighted by Crippen LogP contribution is -2.37. The summed E-state index contributed by atoms with van der Waals surface area (Å²) in [6, 6.07) is 5.40. The second-order valence-corrected chi connectivity index (χ2v) is 7.62. The summed E-state index contributed by atoms with van der Waals surface area (Å²) >= 11 is 0. The number of likely N-dealkylation sites (N-methyl/N-ethyl adjacent to an activating group) is 1. The van der Waals surface area contributed by atoms with Crippen molar-refractivity contribution in [2.45, 2.75) is 58.6 Å². The summed E-state index contributed by atoms with van der Waals surface area (Å²) in [4.78, 5) is 30.7. The van der Waals surface area contributed by atoms with Gasteiger partial charge in [0.05, 0.1) is 6.54 Å². The molecule has 1 atom stereocenters. The molecule has 1 aromatic carbocycles. The maximum absolute atomic E-state index is 12.7. The van der Waals surface area contributed by atoms with Gasteiger partial charge < -0.3 is 18.6 Å². The minimum atomic E-state index is -0.727. The summed E-state index contributed by atoms with van der Waals surface area (Å²) in [6.45, 7) is 3.83. The predicted octanol–water partition coefficient (Wildman–Crippen LogP) is 3.04. The van der Waals surface area contributed by atoms with Gasteiger partial charge in [0.2, 0.25) is 5.89 Å². The molecule has 1 amide bonds. The van der Waals surface area contributed by atoms with E-state index >= 15 is 0 Å². The molecule has 4 rings (SSSR count). The van der Waals surface area contributed by atoms with E-state index in [4.69, 9.17) is 13.7 Å². The van der Waals surface area contributed by atoms with E-state index in [1.54, 1.807) is 20.0 Å². The molecule has 30 heavy (non-hydrogen) atoms. The number of aryl methyl sites for hydroxylation is 2. The first kappa shape index (κ1) is 20.1. The van der Waals surface area contributed by atoms with Gasteiger partial charge in [0.25, 0.3) is 5.91 Å². The number of hydrogen-bond donors (Lipinski definition) is 0. The molecule has 158 valence electrons. The van der Waals surface area contributed by atoms with Crippen LogP contribution >= 0.6 is 0 Å². The molecule has 2 heterocycles. The van der Waals surface area contributed by atoms with Crippen molar-refractivity contribution in [1.29, 1.82) is 0 Å². The summed E-state index contributed by atoms with van der Waals surface area (Å²) in [5.74, 6) is 1.25. The molecule has 0 bridgehead atoms. The Balaban J connectivity index is 1.48. The van der Waals surface area contributed by atoms with Crippen molar-refractivity contribution >= 4 is 16.9 Å². The van der Waals surface area contributed by atoms with E-state index < -0.39 is 6.10 Å². The molecule has 0 saturated heterocycles. The Hall–Kier alpha value is -3.16. The van der Waals surface area contributed by atoms with Gasteiger partial charge in [-0.15, -0.1) is 0 Å². The third-order valence-electron chi connectivity index (χ3n) is 5.42. The van der Waals surface area contributed by atoms with Gasteiger partial charge in [0.1, 0.15) is 11.3 Å². The van der Waals surface area contributed by atoms with Gasteiger partial charge in [-0.2, -0.15) is 4.98 Å². The lowest BCUT2D eigenvalue weighted by atomic mass is 9.91. The van der Waals surface area contributed by atoms with Crippen molar-refractivity contribution in [3.05, 3.63) is 51.5 Å². The van der Waals surface area contributed by atoms with Crippen LogP contribution in [-0.4, -0.2) is 34.1 Å². The molecule has 0 radical (unpaired) electrons. The number of benzene rings is 1. The van der Waals surface area contributed by atoms with E-state index in [1.165, 1.54) is 4.90 Å². The minimum absolute atomic E-state index is 0.218. The summed E-state index contributed by atoms with van der Waals surface area (Å²) in [7, 11) is 1.66. The molecule has 0 N–H and O–H groups in total. The zero-order valence-electron chi connectivity index (χ0n) is 17.4. The van der Waals surface area contributed by atoms with Crippen LogP contribution in [0.25, 0.3) is 11.0 Å². The number of nitrogens with zero attached hydrogens (tertiary/aromatic N) is 3. The first-order valence-corrected chi connectivity index (χ1v) is 10.3. The second kappa shape index (κ2) is 8.30. The zero-order chi connectivity index (χ0) is 21.3. The lowest BCUT2D eigenvalue weighted by Gasteiger charge is -2.21. The van der Waals surface area contributed by atoms with Crippen LogP contribution in [0.3, 0.4) is 0 Å². The number of rotatable bonds is 6. The molecule has 1 unspecified atom stereocenters. The Morgan fingerprint density at radius 1 is 1.27 bits per heavy atom. The van der Waals surface area contributed by atoms with Gasteiger partial charge in [0.15, 0.2) is 11.9 Å². The fraction of sp³-hybridized carbons (Fsp3) is 0.455. The number of fused-ring (bicyclic) bond motifs is 3. The van der Waals surface area contributed by atoms with E-state index in [0.717, 1.165) is 42.2 Å². The molecular formula is C22H25N3O5. The average Bonchev–Trinajstić information content (AvgIpc) is 3.20. The van der Waals surface area contributed by atoms with Crippen LogP contribution in [0.1, 0.15) is 49.5 Å². The highest BCUT2D eigenvalue weighted by atomic mass is 16.5. The largest absolute Gasteiger partial charge is 0.481 e. The first-order chi connectivity index (χ1) is 14.5. The number of carbonyl (C=O) groups excluding carboxylic acids is 1. The minimum Gasteiger partial charge on any atom is -0.481 e. The molecule has 2 aromatic heterocycles. The van der Waals surface area contributed by atoms with Crippen LogP contribution in [0.2, 0.25) is 0 Å². The van der Waals surface area contributed by atoms with Crippen LogP contribution in [0.4, 0.5) is 0 Å². The number of amides is 1. The van der Waals surface area contributed by atoms with Gasteiger partial charge in [-0.25, -0.2) is 4.79 Å². The standard InChI is InChI=1S/C22H25N3O5/c1-4-20-23-19(24-30-20)12-25(3)21(26)13(2)28-14-9-10-16-15-7-5-6-8-17(15)22(27)29-18(16)11-14/h9-11,13H,4-8,12H2,1-3H3. The van der Waals surface area contributed by atoms with Crippen LogP contribution in [0.5, 0.6) is 5.75 Å². The molecule has 0 spiro atoms. The third-order valence-corrected chi connectivity index (χ3v) is 5.42. The van der Waals surface area contributed by atoms with Gasteiger partial charge >= 0.3 is 5.63 Å². The van der Waals surface area contributed by atoms with Crippen molar-refractivity contribution in [1.82, 2.24) is 15.0 Å². The number of ether oxygens (including phenoxy) is 1. The molecule has 0 fully saturated rings.